The van der Waals surface area contributed by atoms with Crippen molar-refractivity contribution in [3.63, 3.8) is 0 Å². The Morgan fingerprint density at radius 1 is 1.32 bits per heavy atom. The zero-order chi connectivity index (χ0) is 13.8. The van der Waals surface area contributed by atoms with Crippen LogP contribution in [0.15, 0.2) is 29.2 Å². The van der Waals surface area contributed by atoms with Gasteiger partial charge < -0.3 is 11.1 Å². The average Bonchev–Trinajstić information content (AvgIpc) is 2.25. The summed E-state index contributed by atoms with van der Waals surface area (Å²) in [6.07, 6.45) is 0. The lowest BCUT2D eigenvalue weighted by Gasteiger charge is -2.18. The smallest absolute Gasteiger partial charge is 0.251 e. The van der Waals surface area contributed by atoms with E-state index >= 15 is 0 Å². The van der Waals surface area contributed by atoms with Gasteiger partial charge in [-0.2, -0.15) is 0 Å². The van der Waals surface area contributed by atoms with Gasteiger partial charge in [0, 0.05) is 27.8 Å². The zero-order valence-corrected chi connectivity index (χ0v) is 13.5. The second kappa shape index (κ2) is 7.78. The molecule has 0 aliphatic rings. The van der Waals surface area contributed by atoms with E-state index in [1.807, 2.05) is 38.1 Å². The summed E-state index contributed by atoms with van der Waals surface area (Å²) in [5.74, 6) is -0.0744. The number of nitrogens with two attached hydrogens (primary N) is 1. The third-order valence-electron chi connectivity index (χ3n) is 2.19. The van der Waals surface area contributed by atoms with Gasteiger partial charge in [0.1, 0.15) is 0 Å². The number of halogens is 1. The molecule has 5 heteroatoms. The SMILES string of the molecule is CC(C)Sc1ccc(C(=O)NCC(C)(C)N)cc1.Cl. The van der Waals surface area contributed by atoms with Crippen LogP contribution in [0, 0.1) is 0 Å². The van der Waals surface area contributed by atoms with Crippen molar-refractivity contribution >= 4 is 30.1 Å². The lowest BCUT2D eigenvalue weighted by Crippen LogP contribution is -2.45. The molecule has 1 rings (SSSR count). The summed E-state index contributed by atoms with van der Waals surface area (Å²) < 4.78 is 0. The van der Waals surface area contributed by atoms with Gasteiger partial charge in [0.05, 0.1) is 0 Å². The van der Waals surface area contributed by atoms with Gasteiger partial charge in [-0.25, -0.2) is 0 Å². The Hall–Kier alpha value is -0.710. The van der Waals surface area contributed by atoms with Crippen molar-refractivity contribution in [1.82, 2.24) is 5.32 Å². The highest BCUT2D eigenvalue weighted by Gasteiger charge is 2.13. The maximum absolute atomic E-state index is 11.9. The van der Waals surface area contributed by atoms with Crippen molar-refractivity contribution in [3.05, 3.63) is 29.8 Å². The monoisotopic (exact) mass is 302 g/mol. The minimum atomic E-state index is -0.386. The number of amides is 1. The van der Waals surface area contributed by atoms with Crippen LogP contribution in [-0.2, 0) is 0 Å². The third kappa shape index (κ3) is 7.45. The van der Waals surface area contributed by atoms with E-state index < -0.39 is 0 Å². The van der Waals surface area contributed by atoms with Crippen LogP contribution in [0.25, 0.3) is 0 Å². The molecule has 0 aliphatic heterocycles. The molecule has 0 radical (unpaired) electrons. The van der Waals surface area contributed by atoms with Gasteiger partial charge in [0.2, 0.25) is 0 Å². The number of thioether (sulfide) groups is 1. The molecule has 108 valence electrons. The summed E-state index contributed by atoms with van der Waals surface area (Å²) in [6.45, 7) is 8.53. The third-order valence-corrected chi connectivity index (χ3v) is 3.21. The Morgan fingerprint density at radius 2 is 1.84 bits per heavy atom. The first kappa shape index (κ1) is 18.3. The van der Waals surface area contributed by atoms with E-state index in [-0.39, 0.29) is 23.9 Å². The zero-order valence-electron chi connectivity index (χ0n) is 11.9. The van der Waals surface area contributed by atoms with Gasteiger partial charge in [0.25, 0.3) is 5.91 Å². The quantitative estimate of drug-likeness (QED) is 0.822. The van der Waals surface area contributed by atoms with Crippen LogP contribution in [0.3, 0.4) is 0 Å². The summed E-state index contributed by atoms with van der Waals surface area (Å²) in [5.41, 5.74) is 6.11. The molecular formula is C14H23ClN2OS. The molecule has 0 spiro atoms. The van der Waals surface area contributed by atoms with Crippen molar-refractivity contribution in [1.29, 1.82) is 0 Å². The van der Waals surface area contributed by atoms with E-state index in [1.54, 1.807) is 11.8 Å². The highest BCUT2D eigenvalue weighted by Crippen LogP contribution is 2.22. The summed E-state index contributed by atoms with van der Waals surface area (Å²) in [4.78, 5) is 13.0. The largest absolute Gasteiger partial charge is 0.350 e. The van der Waals surface area contributed by atoms with Crippen molar-refractivity contribution in [3.8, 4) is 0 Å². The van der Waals surface area contributed by atoms with Crippen molar-refractivity contribution < 1.29 is 4.79 Å². The lowest BCUT2D eigenvalue weighted by molar-refractivity contribution is 0.0946. The van der Waals surface area contributed by atoms with Gasteiger partial charge in [0.15, 0.2) is 0 Å². The van der Waals surface area contributed by atoms with Crippen LogP contribution in [0.2, 0.25) is 0 Å². The van der Waals surface area contributed by atoms with Crippen LogP contribution < -0.4 is 11.1 Å². The molecule has 0 aliphatic carbocycles. The molecule has 0 atom stereocenters. The average molecular weight is 303 g/mol. The second-order valence-electron chi connectivity index (χ2n) is 5.36. The van der Waals surface area contributed by atoms with E-state index in [0.29, 0.717) is 17.4 Å². The molecule has 0 aromatic heterocycles. The standard InChI is InChI=1S/C14H22N2OS.ClH/c1-10(2)18-12-7-5-11(6-8-12)13(17)16-9-14(3,4)15;/h5-8,10H,9,15H2,1-4H3,(H,16,17);1H. The molecule has 1 amide bonds. The number of carbonyl (C=O) groups is 1. The van der Waals surface area contributed by atoms with Gasteiger partial charge in [-0.3, -0.25) is 4.79 Å². The van der Waals surface area contributed by atoms with Crippen LogP contribution in [0.5, 0.6) is 0 Å². The minimum absolute atomic E-state index is 0. The summed E-state index contributed by atoms with van der Waals surface area (Å²) in [7, 11) is 0. The van der Waals surface area contributed by atoms with E-state index in [9.17, 15) is 4.79 Å². The first-order chi connectivity index (χ1) is 8.28. The molecule has 0 saturated carbocycles. The lowest BCUT2D eigenvalue weighted by atomic mass is 10.1. The highest BCUT2D eigenvalue weighted by atomic mass is 35.5. The second-order valence-corrected chi connectivity index (χ2v) is 7.01. The molecule has 3 nitrogen and oxygen atoms in total. The van der Waals surface area contributed by atoms with E-state index in [2.05, 4.69) is 19.2 Å². The van der Waals surface area contributed by atoms with Crippen molar-refractivity contribution in [2.75, 3.05) is 6.54 Å². The molecule has 0 heterocycles. The molecule has 1 aromatic carbocycles. The molecule has 1 aromatic rings. The van der Waals surface area contributed by atoms with E-state index in [1.165, 1.54) is 4.90 Å². The fraction of sp³-hybridized carbons (Fsp3) is 0.500. The van der Waals surface area contributed by atoms with E-state index in [4.69, 9.17) is 5.73 Å². The molecule has 0 fully saturated rings. The Morgan fingerprint density at radius 3 is 2.26 bits per heavy atom. The van der Waals surface area contributed by atoms with Crippen LogP contribution in [0.1, 0.15) is 38.1 Å². The van der Waals surface area contributed by atoms with E-state index in [0.717, 1.165) is 0 Å². The van der Waals surface area contributed by atoms with Crippen LogP contribution >= 0.6 is 24.2 Å². The number of nitrogens with one attached hydrogen (secondary N) is 1. The molecule has 19 heavy (non-hydrogen) atoms. The molecule has 0 unspecified atom stereocenters. The highest BCUT2D eigenvalue weighted by molar-refractivity contribution is 7.99. The number of rotatable bonds is 5. The predicted octanol–water partition coefficient (Wildman–Crippen LogP) is 3.08. The number of hydrogen-bond acceptors (Lipinski definition) is 3. The summed E-state index contributed by atoms with van der Waals surface area (Å²) in [6, 6.07) is 7.66. The Balaban J connectivity index is 0.00000324. The topological polar surface area (TPSA) is 55.1 Å². The van der Waals surface area contributed by atoms with Crippen molar-refractivity contribution in [2.24, 2.45) is 5.73 Å². The fourth-order valence-corrected chi connectivity index (χ4v) is 2.20. The Bertz CT molecular complexity index is 399. The van der Waals surface area contributed by atoms with Crippen LogP contribution in [0.4, 0.5) is 0 Å². The molecule has 3 N–H and O–H groups in total. The van der Waals surface area contributed by atoms with Gasteiger partial charge in [-0.1, -0.05) is 13.8 Å². The minimum Gasteiger partial charge on any atom is -0.350 e. The van der Waals surface area contributed by atoms with Gasteiger partial charge in [-0.15, -0.1) is 24.2 Å². The molecule has 0 bridgehead atoms. The first-order valence-corrected chi connectivity index (χ1v) is 7.00. The van der Waals surface area contributed by atoms with Crippen molar-refractivity contribution in [2.45, 2.75) is 43.4 Å². The van der Waals surface area contributed by atoms with Crippen LogP contribution in [-0.4, -0.2) is 23.2 Å². The maximum atomic E-state index is 11.9. The number of carbonyl (C=O) groups excluding carboxylic acids is 1. The Labute approximate surface area is 126 Å². The number of hydrogen-bond donors (Lipinski definition) is 2. The molecular weight excluding hydrogens is 280 g/mol. The normalized spacial score (nSPS) is 11.1. The Kier molecular flexibility index (Phi) is 7.49. The maximum Gasteiger partial charge on any atom is 0.251 e. The predicted molar refractivity (Wildman–Crippen MR) is 85.3 cm³/mol. The van der Waals surface area contributed by atoms with Gasteiger partial charge in [-0.05, 0) is 38.1 Å². The number of benzene rings is 1. The summed E-state index contributed by atoms with van der Waals surface area (Å²) in [5, 5.41) is 3.37. The fourth-order valence-electron chi connectivity index (χ4n) is 1.37. The summed E-state index contributed by atoms with van der Waals surface area (Å²) >= 11 is 1.78. The first-order valence-electron chi connectivity index (χ1n) is 6.12. The van der Waals surface area contributed by atoms with Gasteiger partial charge >= 0.3 is 0 Å². The molecule has 0 saturated heterocycles.